The molecule has 3 aromatic rings. The first-order valence-corrected chi connectivity index (χ1v) is 11.4. The number of pyridine rings is 1. The Hall–Kier alpha value is -2.72. The maximum absolute atomic E-state index is 13.8. The first-order chi connectivity index (χ1) is 15.0. The highest BCUT2D eigenvalue weighted by Crippen LogP contribution is 2.42. The second-order valence-electron chi connectivity index (χ2n) is 7.21. The van der Waals surface area contributed by atoms with Gasteiger partial charge in [-0.25, -0.2) is 9.78 Å². The van der Waals surface area contributed by atoms with Crippen molar-refractivity contribution in [2.24, 2.45) is 0 Å². The van der Waals surface area contributed by atoms with E-state index >= 15 is 0 Å². The zero-order valence-electron chi connectivity index (χ0n) is 17.7. The minimum Gasteiger partial charge on any atom is -0.451 e. The molecule has 170 valence electrons. The van der Waals surface area contributed by atoms with Crippen molar-refractivity contribution in [3.63, 3.8) is 0 Å². The molecule has 3 aromatic heterocycles. The molecule has 0 aromatic carbocycles. The number of nitrogens with zero attached hydrogens (tertiary/aromatic N) is 2. The van der Waals surface area contributed by atoms with Crippen molar-refractivity contribution in [1.29, 1.82) is 0 Å². The molecular weight excluding hydrogens is 461 g/mol. The van der Waals surface area contributed by atoms with Crippen LogP contribution in [0.3, 0.4) is 0 Å². The molecule has 3 rings (SSSR count). The Morgan fingerprint density at radius 2 is 2.03 bits per heavy atom. The van der Waals surface area contributed by atoms with Gasteiger partial charge in [0.2, 0.25) is 0 Å². The number of thiophene rings is 2. The van der Waals surface area contributed by atoms with E-state index < -0.39 is 30.2 Å². The summed E-state index contributed by atoms with van der Waals surface area (Å²) >= 11 is 2.11. The van der Waals surface area contributed by atoms with Gasteiger partial charge in [-0.1, -0.05) is 18.2 Å². The van der Waals surface area contributed by atoms with Crippen LogP contribution in [0.4, 0.5) is 13.2 Å². The molecule has 0 atom stereocenters. The number of hydrogen-bond donors (Lipinski definition) is 0. The van der Waals surface area contributed by atoms with Gasteiger partial charge in [0.25, 0.3) is 5.91 Å². The Bertz CT molecular complexity index is 1170. The number of hydrogen-bond acceptors (Lipinski definition) is 6. The first-order valence-electron chi connectivity index (χ1n) is 9.67. The second kappa shape index (κ2) is 9.41. The van der Waals surface area contributed by atoms with E-state index in [9.17, 15) is 22.8 Å². The van der Waals surface area contributed by atoms with Crippen molar-refractivity contribution in [2.45, 2.75) is 26.9 Å². The molecule has 0 saturated carbocycles. The number of aromatic nitrogens is 1. The lowest BCUT2D eigenvalue weighted by Crippen LogP contribution is -2.35. The Morgan fingerprint density at radius 3 is 2.59 bits per heavy atom. The molecule has 0 unspecified atom stereocenters. The van der Waals surface area contributed by atoms with Crippen LogP contribution in [0.5, 0.6) is 0 Å². The number of carbonyl (C=O) groups is 2. The predicted molar refractivity (Wildman–Crippen MR) is 120 cm³/mol. The molecule has 0 spiro atoms. The number of likely N-dealkylation sites (N-methyl/N-ethyl adjacent to an activating group) is 1. The second-order valence-corrected chi connectivity index (χ2v) is 9.15. The summed E-state index contributed by atoms with van der Waals surface area (Å²) in [5.41, 5.74) is 0.247. The topological polar surface area (TPSA) is 59.5 Å². The van der Waals surface area contributed by atoms with Gasteiger partial charge < -0.3 is 9.64 Å². The number of rotatable bonds is 7. The fraction of sp³-hybridized carbons (Fsp3) is 0.318. The summed E-state index contributed by atoms with van der Waals surface area (Å²) in [4.78, 5) is 31.5. The summed E-state index contributed by atoms with van der Waals surface area (Å²) in [6, 6.07) is 4.42. The number of carbonyl (C=O) groups excluding carboxylic acids is 2. The largest absolute Gasteiger partial charge is 0.451 e. The van der Waals surface area contributed by atoms with Gasteiger partial charge >= 0.3 is 12.1 Å². The fourth-order valence-electron chi connectivity index (χ4n) is 3.20. The lowest BCUT2D eigenvalue weighted by molar-refractivity contribution is -0.136. The molecule has 0 fully saturated rings. The fourth-order valence-corrected chi connectivity index (χ4v) is 4.99. The van der Waals surface area contributed by atoms with Crippen LogP contribution in [0, 0.1) is 6.92 Å². The monoisotopic (exact) mass is 482 g/mol. The van der Waals surface area contributed by atoms with E-state index in [1.807, 2.05) is 0 Å². The number of fused-ring (bicyclic) bond motifs is 1. The van der Waals surface area contributed by atoms with Crippen molar-refractivity contribution in [3.8, 4) is 10.6 Å². The molecule has 10 heteroatoms. The Morgan fingerprint density at radius 1 is 1.31 bits per heavy atom. The Balaban J connectivity index is 1.94. The average Bonchev–Trinajstić information content (AvgIpc) is 3.37. The smallest absolute Gasteiger partial charge is 0.417 e. The average molecular weight is 483 g/mol. The van der Waals surface area contributed by atoms with Crippen molar-refractivity contribution in [2.75, 3.05) is 19.7 Å². The quantitative estimate of drug-likeness (QED) is 0.309. The van der Waals surface area contributed by atoms with Crippen molar-refractivity contribution in [3.05, 3.63) is 51.7 Å². The van der Waals surface area contributed by atoms with E-state index in [1.54, 1.807) is 31.4 Å². The highest BCUT2D eigenvalue weighted by Gasteiger charge is 2.36. The summed E-state index contributed by atoms with van der Waals surface area (Å²) in [7, 11) is 0. The zero-order valence-corrected chi connectivity index (χ0v) is 19.3. The van der Waals surface area contributed by atoms with E-state index in [2.05, 4.69) is 11.6 Å². The third kappa shape index (κ3) is 5.02. The van der Waals surface area contributed by atoms with Crippen LogP contribution in [0.2, 0.25) is 0 Å². The number of ether oxygens (including phenoxy) is 1. The number of halogens is 3. The number of aryl methyl sites for hydroxylation is 1. The van der Waals surface area contributed by atoms with Gasteiger partial charge in [-0.3, -0.25) is 4.79 Å². The van der Waals surface area contributed by atoms with E-state index in [0.717, 1.165) is 23.0 Å². The van der Waals surface area contributed by atoms with E-state index in [0.29, 0.717) is 18.0 Å². The number of amides is 1. The molecule has 32 heavy (non-hydrogen) atoms. The van der Waals surface area contributed by atoms with Gasteiger partial charge in [-0.05, 0) is 43.8 Å². The standard InChI is InChI=1S/C22H21F3N2O3S2/c1-5-27(10-12(2)3)17(28)11-30-21(29)19-13(4)18-14(22(23,24)25)9-15(26-20(18)32-19)16-7-6-8-31-16/h6-9H,2,5,10-11H2,1,3-4H3. The Labute approximate surface area is 191 Å². The molecular formula is C22H21F3N2O3S2. The van der Waals surface area contributed by atoms with Crippen LogP contribution in [0.1, 0.15) is 34.6 Å². The van der Waals surface area contributed by atoms with Gasteiger partial charge in [0.15, 0.2) is 6.61 Å². The highest BCUT2D eigenvalue weighted by atomic mass is 32.1. The summed E-state index contributed by atoms with van der Waals surface area (Å²) in [5, 5.41) is 1.63. The summed E-state index contributed by atoms with van der Waals surface area (Å²) < 4.78 is 46.6. The van der Waals surface area contributed by atoms with Crippen molar-refractivity contribution < 1.29 is 27.5 Å². The highest BCUT2D eigenvalue weighted by molar-refractivity contribution is 7.20. The van der Waals surface area contributed by atoms with Gasteiger partial charge in [0, 0.05) is 18.5 Å². The predicted octanol–water partition coefficient (Wildman–Crippen LogP) is 5.93. The third-order valence-corrected chi connectivity index (χ3v) is 6.75. The third-order valence-electron chi connectivity index (χ3n) is 4.69. The summed E-state index contributed by atoms with van der Waals surface area (Å²) in [5.74, 6) is -1.26. The van der Waals surface area contributed by atoms with Crippen LogP contribution in [-0.4, -0.2) is 41.5 Å². The van der Waals surface area contributed by atoms with Gasteiger partial charge in [-0.15, -0.1) is 22.7 Å². The molecule has 0 saturated heterocycles. The van der Waals surface area contributed by atoms with Crippen LogP contribution < -0.4 is 0 Å². The number of esters is 1. The molecule has 1 amide bonds. The minimum atomic E-state index is -4.62. The minimum absolute atomic E-state index is 0.00270. The van der Waals surface area contributed by atoms with E-state index in [-0.39, 0.29) is 26.4 Å². The van der Waals surface area contributed by atoms with Gasteiger partial charge in [0.05, 0.1) is 16.1 Å². The molecule has 0 aliphatic rings. The van der Waals surface area contributed by atoms with Crippen LogP contribution in [0.25, 0.3) is 20.8 Å². The van der Waals surface area contributed by atoms with E-state index in [4.69, 9.17) is 4.74 Å². The van der Waals surface area contributed by atoms with Crippen LogP contribution in [0.15, 0.2) is 35.7 Å². The molecule has 0 bridgehead atoms. The van der Waals surface area contributed by atoms with Crippen LogP contribution in [-0.2, 0) is 15.7 Å². The zero-order chi connectivity index (χ0) is 23.6. The molecule has 3 heterocycles. The van der Waals surface area contributed by atoms with Crippen molar-refractivity contribution >= 4 is 44.8 Å². The maximum Gasteiger partial charge on any atom is 0.417 e. The molecule has 0 radical (unpaired) electrons. The SMILES string of the molecule is C=C(C)CN(CC)C(=O)COC(=O)c1sc2nc(-c3cccs3)cc(C(F)(F)F)c2c1C. The summed E-state index contributed by atoms with van der Waals surface area (Å²) in [6.07, 6.45) is -4.62. The number of alkyl halides is 3. The van der Waals surface area contributed by atoms with E-state index in [1.165, 1.54) is 23.2 Å². The molecule has 0 N–H and O–H groups in total. The lowest BCUT2D eigenvalue weighted by Gasteiger charge is -2.20. The van der Waals surface area contributed by atoms with Gasteiger partial charge in [0.1, 0.15) is 9.71 Å². The van der Waals surface area contributed by atoms with Crippen LogP contribution >= 0.6 is 22.7 Å². The molecule has 0 aliphatic heterocycles. The normalized spacial score (nSPS) is 11.6. The molecule has 0 aliphatic carbocycles. The Kier molecular flexibility index (Phi) is 7.04. The lowest BCUT2D eigenvalue weighted by atomic mass is 10.1. The maximum atomic E-state index is 13.8. The summed E-state index contributed by atoms with van der Waals surface area (Å²) in [6.45, 7) is 8.99. The van der Waals surface area contributed by atoms with Crippen molar-refractivity contribution in [1.82, 2.24) is 9.88 Å². The molecule has 5 nitrogen and oxygen atoms in total. The first kappa shape index (κ1) is 23.9. The van der Waals surface area contributed by atoms with Gasteiger partial charge in [-0.2, -0.15) is 13.2 Å².